The van der Waals surface area contributed by atoms with Crippen LogP contribution in [0.2, 0.25) is 0 Å². The van der Waals surface area contributed by atoms with Crippen molar-refractivity contribution in [3.8, 4) is 5.75 Å². The molecule has 2 aromatic rings. The summed E-state index contributed by atoms with van der Waals surface area (Å²) in [6.07, 6.45) is 3.86. The number of aromatic nitrogens is 3. The molecule has 0 unspecified atom stereocenters. The van der Waals surface area contributed by atoms with Crippen molar-refractivity contribution >= 4 is 17.8 Å². The molecule has 34 heavy (non-hydrogen) atoms. The Labute approximate surface area is 201 Å². The lowest BCUT2D eigenvalue weighted by atomic mass is 10.2. The van der Waals surface area contributed by atoms with Crippen molar-refractivity contribution in [1.82, 2.24) is 15.0 Å². The van der Waals surface area contributed by atoms with Crippen LogP contribution in [0.4, 0.5) is 17.8 Å². The molecule has 0 radical (unpaired) electrons. The number of nitrogens with one attached hydrogen (secondary N) is 3. The van der Waals surface area contributed by atoms with E-state index in [1.807, 2.05) is 24.3 Å². The number of aliphatic hydroxyl groups is 1. The molecule has 190 valence electrons. The average molecular weight is 478 g/mol. The van der Waals surface area contributed by atoms with Gasteiger partial charge in [0.15, 0.2) is 0 Å². The van der Waals surface area contributed by atoms with Gasteiger partial charge in [-0.1, -0.05) is 25.0 Å². The first kappa shape index (κ1) is 27.5. The van der Waals surface area contributed by atoms with Crippen LogP contribution in [-0.2, 0) is 16.0 Å². The quantitative estimate of drug-likeness (QED) is 0.178. The predicted octanol–water partition coefficient (Wildman–Crippen LogP) is 1.86. The molecule has 11 nitrogen and oxygen atoms in total. The summed E-state index contributed by atoms with van der Waals surface area (Å²) in [6.45, 7) is 4.69. The van der Waals surface area contributed by atoms with Gasteiger partial charge in [0.2, 0.25) is 17.8 Å². The number of nitrogens with two attached hydrogens (primary N) is 1. The summed E-state index contributed by atoms with van der Waals surface area (Å²) in [5.74, 6) is 2.27. The largest absolute Gasteiger partial charge is 0.497 e. The van der Waals surface area contributed by atoms with Crippen LogP contribution in [0.25, 0.3) is 0 Å². The third-order valence-electron chi connectivity index (χ3n) is 4.78. The molecule has 0 spiro atoms. The van der Waals surface area contributed by atoms with Crippen LogP contribution in [0.3, 0.4) is 0 Å². The molecule has 0 fully saturated rings. The van der Waals surface area contributed by atoms with Crippen molar-refractivity contribution in [3.63, 3.8) is 0 Å². The number of nitrogens with zero attached hydrogens (tertiary/aromatic N) is 3. The number of aliphatic hydroxyl groups excluding tert-OH is 1. The molecular formula is C23H39N7O4. The summed E-state index contributed by atoms with van der Waals surface area (Å²) in [7, 11) is 1.65. The van der Waals surface area contributed by atoms with Gasteiger partial charge in [0.25, 0.3) is 0 Å². The van der Waals surface area contributed by atoms with Gasteiger partial charge in [-0.15, -0.1) is 0 Å². The zero-order valence-electron chi connectivity index (χ0n) is 20.1. The molecule has 1 heterocycles. The number of methoxy groups -OCH3 is 1. The second-order valence-electron chi connectivity index (χ2n) is 7.51. The Morgan fingerprint density at radius 3 is 2.03 bits per heavy atom. The maximum Gasteiger partial charge on any atom is 0.229 e. The average Bonchev–Trinajstić information content (AvgIpc) is 2.87. The first-order valence-corrected chi connectivity index (χ1v) is 11.8. The minimum atomic E-state index is 0.240. The second-order valence-corrected chi connectivity index (χ2v) is 7.51. The van der Waals surface area contributed by atoms with Crippen LogP contribution in [0.1, 0.15) is 31.2 Å². The number of hydrogen-bond donors (Lipinski definition) is 5. The maximum atomic E-state index is 8.89. The summed E-state index contributed by atoms with van der Waals surface area (Å²) in [5.41, 5.74) is 6.47. The van der Waals surface area contributed by atoms with Crippen LogP contribution in [0.15, 0.2) is 24.3 Å². The summed E-state index contributed by atoms with van der Waals surface area (Å²) < 4.78 is 16.0. The van der Waals surface area contributed by atoms with E-state index in [1.165, 1.54) is 0 Å². The zero-order valence-corrected chi connectivity index (χ0v) is 20.1. The number of anilines is 3. The van der Waals surface area contributed by atoms with Crippen molar-refractivity contribution in [3.05, 3.63) is 29.8 Å². The molecule has 0 saturated carbocycles. The minimum Gasteiger partial charge on any atom is -0.497 e. The molecule has 11 heteroatoms. The zero-order chi connectivity index (χ0) is 24.3. The molecule has 0 saturated heterocycles. The van der Waals surface area contributed by atoms with Crippen molar-refractivity contribution in [2.75, 3.05) is 75.7 Å². The summed E-state index contributed by atoms with van der Waals surface area (Å²) in [4.78, 5) is 13.4. The van der Waals surface area contributed by atoms with E-state index in [-0.39, 0.29) is 6.61 Å². The van der Waals surface area contributed by atoms with Gasteiger partial charge < -0.3 is 41.0 Å². The lowest BCUT2D eigenvalue weighted by molar-refractivity contribution is 0.0547. The van der Waals surface area contributed by atoms with Gasteiger partial charge >= 0.3 is 0 Å². The maximum absolute atomic E-state index is 8.89. The molecule has 0 atom stereocenters. The topological polar surface area (TPSA) is 149 Å². The highest BCUT2D eigenvalue weighted by Crippen LogP contribution is 2.14. The summed E-state index contributed by atoms with van der Waals surface area (Å²) in [6, 6.07) is 7.82. The number of ether oxygens (including phenoxy) is 3. The van der Waals surface area contributed by atoms with Crippen LogP contribution >= 0.6 is 0 Å². The Morgan fingerprint density at radius 2 is 1.38 bits per heavy atom. The third-order valence-corrected chi connectivity index (χ3v) is 4.78. The van der Waals surface area contributed by atoms with Crippen LogP contribution < -0.4 is 26.4 Å². The van der Waals surface area contributed by atoms with E-state index < -0.39 is 0 Å². The van der Waals surface area contributed by atoms with Gasteiger partial charge in [-0.25, -0.2) is 0 Å². The SMILES string of the molecule is COc1ccc(CNc2nc(NCCCCCCO)nc(NCCOCCOCCN)n2)cc1. The first-order chi connectivity index (χ1) is 16.7. The van der Waals surface area contributed by atoms with Gasteiger partial charge in [0.1, 0.15) is 5.75 Å². The van der Waals surface area contributed by atoms with Crippen LogP contribution in [0.5, 0.6) is 5.75 Å². The highest BCUT2D eigenvalue weighted by Gasteiger charge is 2.07. The lowest BCUT2D eigenvalue weighted by Crippen LogP contribution is -2.17. The van der Waals surface area contributed by atoms with Crippen molar-refractivity contribution < 1.29 is 19.3 Å². The number of unbranched alkanes of at least 4 members (excludes halogenated alkanes) is 3. The fraction of sp³-hybridized carbons (Fsp3) is 0.609. The summed E-state index contributed by atoms with van der Waals surface area (Å²) >= 11 is 0. The first-order valence-electron chi connectivity index (χ1n) is 11.8. The standard InChI is InChI=1S/C23H39N7O4/c1-32-20-8-6-19(7-9-20)18-27-23-29-21(25-11-4-2-3-5-13-31)28-22(30-23)26-12-15-34-17-16-33-14-10-24/h6-9,31H,2-5,10-18,24H2,1H3,(H3,25,26,27,28,29,30). The minimum absolute atomic E-state index is 0.240. The highest BCUT2D eigenvalue weighted by molar-refractivity contribution is 5.42. The number of benzene rings is 1. The molecule has 1 aromatic carbocycles. The van der Waals surface area contributed by atoms with Gasteiger partial charge in [0.05, 0.1) is 33.5 Å². The van der Waals surface area contributed by atoms with E-state index in [9.17, 15) is 0 Å². The van der Waals surface area contributed by atoms with E-state index in [1.54, 1.807) is 7.11 Å². The fourth-order valence-corrected chi connectivity index (χ4v) is 2.97. The van der Waals surface area contributed by atoms with Crippen LogP contribution in [0, 0.1) is 0 Å². The van der Waals surface area contributed by atoms with Gasteiger partial charge in [-0.3, -0.25) is 0 Å². The Morgan fingerprint density at radius 1 is 0.765 bits per heavy atom. The molecule has 2 rings (SSSR count). The van der Waals surface area contributed by atoms with E-state index in [0.29, 0.717) is 63.9 Å². The molecule has 0 aliphatic heterocycles. The molecule has 6 N–H and O–H groups in total. The normalized spacial score (nSPS) is 10.8. The molecule has 0 amide bonds. The van der Waals surface area contributed by atoms with E-state index in [0.717, 1.165) is 43.5 Å². The Hall–Kier alpha value is -2.73. The van der Waals surface area contributed by atoms with Crippen molar-refractivity contribution in [2.24, 2.45) is 5.73 Å². The molecule has 0 aliphatic rings. The third kappa shape index (κ3) is 11.9. The van der Waals surface area contributed by atoms with Crippen LogP contribution in [-0.4, -0.2) is 79.8 Å². The Bertz CT molecular complexity index is 780. The van der Waals surface area contributed by atoms with Crippen molar-refractivity contribution in [1.29, 1.82) is 0 Å². The monoisotopic (exact) mass is 477 g/mol. The Balaban J connectivity index is 1.87. The fourth-order valence-electron chi connectivity index (χ4n) is 2.97. The number of rotatable bonds is 20. The highest BCUT2D eigenvalue weighted by atomic mass is 16.5. The number of hydrogen-bond acceptors (Lipinski definition) is 11. The molecule has 0 bridgehead atoms. The van der Waals surface area contributed by atoms with Gasteiger partial charge in [-0.05, 0) is 30.5 Å². The Kier molecular flexibility index (Phi) is 14.3. The lowest BCUT2D eigenvalue weighted by Gasteiger charge is -2.12. The van der Waals surface area contributed by atoms with E-state index in [2.05, 4.69) is 30.9 Å². The predicted molar refractivity (Wildman–Crippen MR) is 133 cm³/mol. The van der Waals surface area contributed by atoms with E-state index in [4.69, 9.17) is 25.1 Å². The summed E-state index contributed by atoms with van der Waals surface area (Å²) in [5, 5.41) is 18.6. The van der Waals surface area contributed by atoms with Crippen molar-refractivity contribution in [2.45, 2.75) is 32.2 Å². The smallest absolute Gasteiger partial charge is 0.229 e. The molecule has 1 aromatic heterocycles. The van der Waals surface area contributed by atoms with E-state index >= 15 is 0 Å². The molecular weight excluding hydrogens is 438 g/mol. The van der Waals surface area contributed by atoms with Gasteiger partial charge in [-0.2, -0.15) is 15.0 Å². The van der Waals surface area contributed by atoms with Gasteiger partial charge in [0, 0.05) is 32.8 Å². The molecule has 0 aliphatic carbocycles. The second kappa shape index (κ2) is 17.7.